The predicted octanol–water partition coefficient (Wildman–Crippen LogP) is 3.40. The number of carbonyl (C=O) groups excluding carboxylic acids is 1. The Labute approximate surface area is 125 Å². The molecule has 0 aliphatic carbocycles. The number of esters is 1. The number of ether oxygens (including phenoxy) is 2. The zero-order chi connectivity index (χ0) is 14.5. The SMILES string of the molecule is COc1cc(C(=O)OCc2cccc(Br)c2)ccc1N. The lowest BCUT2D eigenvalue weighted by Crippen LogP contribution is -2.06. The highest BCUT2D eigenvalue weighted by atomic mass is 79.9. The molecule has 0 amide bonds. The summed E-state index contributed by atoms with van der Waals surface area (Å²) in [6.45, 7) is 0.213. The normalized spacial score (nSPS) is 10.1. The van der Waals surface area contributed by atoms with Crippen molar-refractivity contribution in [2.75, 3.05) is 12.8 Å². The first-order valence-electron chi connectivity index (χ1n) is 5.95. The van der Waals surface area contributed by atoms with Gasteiger partial charge in [0.1, 0.15) is 12.4 Å². The highest BCUT2D eigenvalue weighted by molar-refractivity contribution is 9.10. The number of rotatable bonds is 4. The van der Waals surface area contributed by atoms with Gasteiger partial charge in [0.25, 0.3) is 0 Å². The first kappa shape index (κ1) is 14.4. The van der Waals surface area contributed by atoms with E-state index < -0.39 is 5.97 Å². The van der Waals surface area contributed by atoms with Crippen molar-refractivity contribution in [2.45, 2.75) is 6.61 Å². The van der Waals surface area contributed by atoms with Crippen LogP contribution in [-0.2, 0) is 11.3 Å². The average molecular weight is 336 g/mol. The number of anilines is 1. The van der Waals surface area contributed by atoms with Crippen molar-refractivity contribution in [3.05, 3.63) is 58.1 Å². The Bertz CT molecular complexity index is 628. The first-order valence-corrected chi connectivity index (χ1v) is 6.74. The number of methoxy groups -OCH3 is 1. The minimum absolute atomic E-state index is 0.213. The molecule has 0 saturated carbocycles. The van der Waals surface area contributed by atoms with Gasteiger partial charge in [-0.15, -0.1) is 0 Å². The number of benzene rings is 2. The molecule has 0 atom stereocenters. The van der Waals surface area contributed by atoms with E-state index >= 15 is 0 Å². The number of hydrogen-bond acceptors (Lipinski definition) is 4. The summed E-state index contributed by atoms with van der Waals surface area (Å²) in [4.78, 5) is 12.0. The topological polar surface area (TPSA) is 61.5 Å². The highest BCUT2D eigenvalue weighted by Crippen LogP contribution is 2.22. The fourth-order valence-corrected chi connectivity index (χ4v) is 2.14. The van der Waals surface area contributed by atoms with Crippen LogP contribution in [0.1, 0.15) is 15.9 Å². The molecule has 20 heavy (non-hydrogen) atoms. The van der Waals surface area contributed by atoms with Gasteiger partial charge < -0.3 is 15.2 Å². The van der Waals surface area contributed by atoms with Gasteiger partial charge in [0.2, 0.25) is 0 Å². The minimum Gasteiger partial charge on any atom is -0.495 e. The molecule has 4 nitrogen and oxygen atoms in total. The molecular weight excluding hydrogens is 322 g/mol. The van der Waals surface area contributed by atoms with Crippen molar-refractivity contribution in [3.63, 3.8) is 0 Å². The maximum absolute atomic E-state index is 12.0. The van der Waals surface area contributed by atoms with Gasteiger partial charge in [-0.2, -0.15) is 0 Å². The molecule has 104 valence electrons. The fraction of sp³-hybridized carbons (Fsp3) is 0.133. The zero-order valence-electron chi connectivity index (χ0n) is 10.9. The number of nitrogens with two attached hydrogens (primary N) is 1. The monoisotopic (exact) mass is 335 g/mol. The molecule has 0 heterocycles. The Balaban J connectivity index is 2.05. The molecule has 2 aromatic carbocycles. The van der Waals surface area contributed by atoms with Crippen LogP contribution in [0.25, 0.3) is 0 Å². The average Bonchev–Trinajstić information content (AvgIpc) is 2.45. The lowest BCUT2D eigenvalue weighted by molar-refractivity contribution is 0.0472. The molecule has 0 aromatic heterocycles. The molecule has 0 aliphatic rings. The number of halogens is 1. The van der Waals surface area contributed by atoms with Crippen molar-refractivity contribution in [1.82, 2.24) is 0 Å². The van der Waals surface area contributed by atoms with E-state index in [2.05, 4.69) is 15.9 Å². The summed E-state index contributed by atoms with van der Waals surface area (Å²) < 4.78 is 11.3. The maximum atomic E-state index is 12.0. The van der Waals surface area contributed by atoms with Gasteiger partial charge in [0.15, 0.2) is 0 Å². The van der Waals surface area contributed by atoms with E-state index in [9.17, 15) is 4.79 Å². The van der Waals surface area contributed by atoms with Crippen LogP contribution >= 0.6 is 15.9 Å². The van der Waals surface area contributed by atoms with Crippen LogP contribution in [0.15, 0.2) is 46.9 Å². The third kappa shape index (κ3) is 3.51. The van der Waals surface area contributed by atoms with Gasteiger partial charge in [-0.3, -0.25) is 0 Å². The molecule has 0 bridgehead atoms. The lowest BCUT2D eigenvalue weighted by atomic mass is 10.2. The van der Waals surface area contributed by atoms with E-state index in [1.54, 1.807) is 18.2 Å². The second kappa shape index (κ2) is 6.43. The van der Waals surface area contributed by atoms with Crippen LogP contribution < -0.4 is 10.5 Å². The molecule has 2 rings (SSSR count). The van der Waals surface area contributed by atoms with Crippen molar-refractivity contribution >= 4 is 27.6 Å². The largest absolute Gasteiger partial charge is 0.495 e. The van der Waals surface area contributed by atoms with Crippen molar-refractivity contribution < 1.29 is 14.3 Å². The molecular formula is C15H14BrNO3. The van der Waals surface area contributed by atoms with Gasteiger partial charge in [-0.25, -0.2) is 4.79 Å². The Hall–Kier alpha value is -2.01. The van der Waals surface area contributed by atoms with Crippen molar-refractivity contribution in [2.24, 2.45) is 0 Å². The molecule has 0 saturated heterocycles. The fourth-order valence-electron chi connectivity index (χ4n) is 1.70. The number of nitrogen functional groups attached to an aromatic ring is 1. The Morgan fingerprint density at radius 3 is 2.75 bits per heavy atom. The lowest BCUT2D eigenvalue weighted by Gasteiger charge is -2.08. The maximum Gasteiger partial charge on any atom is 0.338 e. The Morgan fingerprint density at radius 1 is 1.25 bits per heavy atom. The van der Waals surface area contributed by atoms with Crippen LogP contribution in [0.3, 0.4) is 0 Å². The smallest absolute Gasteiger partial charge is 0.338 e. The standard InChI is InChI=1S/C15H14BrNO3/c1-19-14-8-11(5-6-13(14)17)15(18)20-9-10-3-2-4-12(16)7-10/h2-8H,9,17H2,1H3. The number of hydrogen-bond donors (Lipinski definition) is 1. The summed E-state index contributed by atoms with van der Waals surface area (Å²) in [7, 11) is 1.50. The van der Waals surface area contributed by atoms with Crippen LogP contribution in [0, 0.1) is 0 Å². The van der Waals surface area contributed by atoms with Crippen molar-refractivity contribution in [3.8, 4) is 5.75 Å². The first-order chi connectivity index (χ1) is 9.60. The van der Waals surface area contributed by atoms with Crippen molar-refractivity contribution in [1.29, 1.82) is 0 Å². The highest BCUT2D eigenvalue weighted by Gasteiger charge is 2.10. The summed E-state index contributed by atoms with van der Waals surface area (Å²) in [5, 5.41) is 0. The second-order valence-electron chi connectivity index (χ2n) is 4.16. The van der Waals surface area contributed by atoms with Crippen LogP contribution in [0.2, 0.25) is 0 Å². The summed E-state index contributed by atoms with van der Waals surface area (Å²) in [6, 6.07) is 12.4. The van der Waals surface area contributed by atoms with E-state index in [0.717, 1.165) is 10.0 Å². The Kier molecular flexibility index (Phi) is 4.63. The summed E-state index contributed by atoms with van der Waals surface area (Å²) in [5.41, 5.74) is 7.50. The van der Waals surface area contributed by atoms with E-state index in [-0.39, 0.29) is 6.61 Å². The molecule has 5 heteroatoms. The van der Waals surface area contributed by atoms with Gasteiger partial charge >= 0.3 is 5.97 Å². The molecule has 2 aromatic rings. The quantitative estimate of drug-likeness (QED) is 0.687. The van der Waals surface area contributed by atoms with E-state index in [1.165, 1.54) is 7.11 Å². The molecule has 0 spiro atoms. The third-order valence-corrected chi connectivity index (χ3v) is 3.22. The van der Waals surface area contributed by atoms with E-state index in [1.807, 2.05) is 24.3 Å². The summed E-state index contributed by atoms with van der Waals surface area (Å²) >= 11 is 3.37. The predicted molar refractivity (Wildman–Crippen MR) is 80.7 cm³/mol. The molecule has 2 N–H and O–H groups in total. The second-order valence-corrected chi connectivity index (χ2v) is 5.08. The van der Waals surface area contributed by atoms with Crippen LogP contribution in [-0.4, -0.2) is 13.1 Å². The molecule has 0 aliphatic heterocycles. The van der Waals surface area contributed by atoms with Gasteiger partial charge in [0, 0.05) is 4.47 Å². The van der Waals surface area contributed by atoms with Crippen LogP contribution in [0.5, 0.6) is 5.75 Å². The number of carbonyl (C=O) groups is 1. The van der Waals surface area contributed by atoms with Crippen LogP contribution in [0.4, 0.5) is 5.69 Å². The van der Waals surface area contributed by atoms with E-state index in [4.69, 9.17) is 15.2 Å². The zero-order valence-corrected chi connectivity index (χ0v) is 12.5. The van der Waals surface area contributed by atoms with Gasteiger partial charge in [0.05, 0.1) is 18.4 Å². The third-order valence-electron chi connectivity index (χ3n) is 2.73. The molecule has 0 radical (unpaired) electrons. The van der Waals surface area contributed by atoms with Gasteiger partial charge in [-0.1, -0.05) is 28.1 Å². The molecule has 0 fully saturated rings. The summed E-state index contributed by atoms with van der Waals surface area (Å²) in [6.07, 6.45) is 0. The molecule has 0 unspecified atom stereocenters. The Morgan fingerprint density at radius 2 is 2.05 bits per heavy atom. The van der Waals surface area contributed by atoms with Gasteiger partial charge in [-0.05, 0) is 35.9 Å². The summed E-state index contributed by atoms with van der Waals surface area (Å²) in [5.74, 6) is 0.0465. The van der Waals surface area contributed by atoms with E-state index in [0.29, 0.717) is 17.0 Å². The minimum atomic E-state index is -0.414.